The van der Waals surface area contributed by atoms with Crippen molar-refractivity contribution in [3.8, 4) is 6.07 Å². The quantitative estimate of drug-likeness (QED) is 0.249. The highest BCUT2D eigenvalue weighted by Gasteiger charge is 2.16. The fraction of sp³-hybridized carbons (Fsp3) is 0.269. The van der Waals surface area contributed by atoms with Gasteiger partial charge in [-0.15, -0.1) is 0 Å². The van der Waals surface area contributed by atoms with E-state index >= 15 is 0 Å². The Morgan fingerprint density at radius 2 is 2.18 bits per heavy atom. The third-order valence-corrected chi connectivity index (χ3v) is 5.77. The van der Waals surface area contributed by atoms with Gasteiger partial charge in [-0.25, -0.2) is 4.39 Å². The number of hydrogen-bond donors (Lipinski definition) is 1. The summed E-state index contributed by atoms with van der Waals surface area (Å²) >= 11 is 0. The summed E-state index contributed by atoms with van der Waals surface area (Å²) < 4.78 is 22.3. The number of nitriles is 1. The molecule has 33 heavy (non-hydrogen) atoms. The van der Waals surface area contributed by atoms with Crippen LogP contribution in [0.4, 0.5) is 4.39 Å². The van der Waals surface area contributed by atoms with Crippen LogP contribution in [0.3, 0.4) is 0 Å². The molecular weight excluding hydrogens is 417 g/mol. The number of allylic oxidation sites excluding steroid dienone is 3. The number of nitrogens with zero attached hydrogens (tertiary/aromatic N) is 4. The minimum Gasteiger partial charge on any atom is -0.498 e. The first-order valence-corrected chi connectivity index (χ1v) is 10.8. The summed E-state index contributed by atoms with van der Waals surface area (Å²) in [6.07, 6.45) is 4.88. The van der Waals surface area contributed by atoms with Crippen LogP contribution in [0.15, 0.2) is 59.4 Å². The predicted octanol–water partition coefficient (Wildman–Crippen LogP) is 4.68. The van der Waals surface area contributed by atoms with E-state index in [-0.39, 0.29) is 5.56 Å². The van der Waals surface area contributed by atoms with Crippen molar-refractivity contribution in [3.05, 3.63) is 76.9 Å². The summed E-state index contributed by atoms with van der Waals surface area (Å²) in [5, 5.41) is 18.0. The number of rotatable bonds is 7. The monoisotopic (exact) mass is 443 g/mol. The molecule has 0 aliphatic carbocycles. The largest absolute Gasteiger partial charge is 0.498 e. The first-order chi connectivity index (χ1) is 16.0. The van der Waals surface area contributed by atoms with Gasteiger partial charge in [0, 0.05) is 42.2 Å². The van der Waals surface area contributed by atoms with Crippen molar-refractivity contribution in [2.24, 2.45) is 18.0 Å². The Morgan fingerprint density at radius 3 is 2.88 bits per heavy atom. The van der Waals surface area contributed by atoms with Gasteiger partial charge in [0.1, 0.15) is 11.9 Å². The molecular formula is C26H26FN5O. The number of fused-ring (bicyclic) bond motifs is 1. The minimum absolute atomic E-state index is 0.00759. The van der Waals surface area contributed by atoms with Gasteiger partial charge in [0.05, 0.1) is 29.1 Å². The van der Waals surface area contributed by atoms with Gasteiger partial charge in [-0.05, 0) is 56.4 Å². The summed E-state index contributed by atoms with van der Waals surface area (Å²) in [5.74, 6) is 0.582. The number of nitrogens with one attached hydrogen (secondary N) is 1. The number of aliphatic imine (C=N–C) groups is 1. The van der Waals surface area contributed by atoms with Gasteiger partial charge in [0.25, 0.3) is 0 Å². The maximum Gasteiger partial charge on any atom is 0.141 e. The fourth-order valence-corrected chi connectivity index (χ4v) is 4.03. The lowest BCUT2D eigenvalue weighted by Crippen LogP contribution is -2.13. The lowest BCUT2D eigenvalue weighted by molar-refractivity contribution is 0.174. The molecule has 168 valence electrons. The number of hydrogen-bond acceptors (Lipinski definition) is 5. The minimum atomic E-state index is -0.583. The Bertz CT molecular complexity index is 1290. The van der Waals surface area contributed by atoms with E-state index in [1.165, 1.54) is 12.1 Å². The van der Waals surface area contributed by atoms with Crippen LogP contribution in [0, 0.1) is 23.1 Å². The van der Waals surface area contributed by atoms with Crippen LogP contribution in [0.1, 0.15) is 30.0 Å². The van der Waals surface area contributed by atoms with E-state index in [1.54, 1.807) is 10.7 Å². The molecule has 1 N–H and O–H groups in total. The smallest absolute Gasteiger partial charge is 0.141 e. The molecule has 0 radical (unpaired) electrons. The average molecular weight is 444 g/mol. The van der Waals surface area contributed by atoms with Crippen LogP contribution >= 0.6 is 0 Å². The summed E-state index contributed by atoms with van der Waals surface area (Å²) in [5.41, 5.74) is 3.45. The molecule has 1 aliphatic rings. The van der Waals surface area contributed by atoms with E-state index in [2.05, 4.69) is 22.1 Å². The molecule has 1 saturated heterocycles. The highest BCUT2D eigenvalue weighted by Crippen LogP contribution is 2.32. The zero-order valence-electron chi connectivity index (χ0n) is 18.8. The molecule has 6 nitrogen and oxygen atoms in total. The second kappa shape index (κ2) is 9.80. The molecule has 0 bridgehead atoms. The van der Waals surface area contributed by atoms with Gasteiger partial charge in [-0.2, -0.15) is 10.4 Å². The second-order valence-electron chi connectivity index (χ2n) is 8.23. The van der Waals surface area contributed by atoms with Gasteiger partial charge < -0.3 is 10.1 Å². The topological polar surface area (TPSA) is 75.2 Å². The highest BCUT2D eigenvalue weighted by molar-refractivity contribution is 5.98. The molecule has 2 aromatic carbocycles. The van der Waals surface area contributed by atoms with Gasteiger partial charge in [-0.1, -0.05) is 18.2 Å². The van der Waals surface area contributed by atoms with Crippen LogP contribution in [0.2, 0.25) is 0 Å². The van der Waals surface area contributed by atoms with Crippen LogP contribution in [0.25, 0.3) is 22.2 Å². The molecule has 1 atom stereocenters. The molecule has 1 aliphatic heterocycles. The number of aryl methyl sites for hydroxylation is 1. The second-order valence-corrected chi connectivity index (χ2v) is 8.23. The zero-order chi connectivity index (χ0) is 23.4. The molecule has 0 spiro atoms. The van der Waals surface area contributed by atoms with E-state index in [0.717, 1.165) is 36.0 Å². The van der Waals surface area contributed by atoms with Crippen molar-refractivity contribution >= 4 is 28.9 Å². The first kappa shape index (κ1) is 22.4. The van der Waals surface area contributed by atoms with Crippen LogP contribution < -0.4 is 5.32 Å². The Labute approximate surface area is 192 Å². The lowest BCUT2D eigenvalue weighted by Gasteiger charge is -2.14. The molecule has 4 rings (SSSR count). The van der Waals surface area contributed by atoms with Crippen molar-refractivity contribution in [3.63, 3.8) is 0 Å². The summed E-state index contributed by atoms with van der Waals surface area (Å²) in [6.45, 7) is 8.23. The SMILES string of the molecule is C=N/C(=C(\C=C(/C)OCC1CCNC1)c1ccc(C#N)c(F)c1)c1ccc2cn(C)nc2c1. The fourth-order valence-electron chi connectivity index (χ4n) is 4.03. The standard InChI is InChI=1S/C26H26FN5O/c1-17(33-16-18-8-9-30-14-18)10-23(19-4-6-21(13-28)24(27)11-19)26(29-2)20-5-7-22-15-32(3)31-25(22)12-20/h4-7,10-12,15,18,30H,2,8-9,14,16H2,1,3H3/b17-10+,26-23+. The molecule has 2 heterocycles. The third kappa shape index (κ3) is 5.02. The molecule has 0 saturated carbocycles. The molecule has 0 amide bonds. The molecule has 3 aromatic rings. The number of aromatic nitrogens is 2. The Morgan fingerprint density at radius 1 is 1.36 bits per heavy atom. The number of benzene rings is 2. The summed E-state index contributed by atoms with van der Waals surface area (Å²) in [7, 11) is 1.87. The molecule has 1 aromatic heterocycles. The maximum atomic E-state index is 14.5. The van der Waals surface area contributed by atoms with Crippen molar-refractivity contribution in [1.82, 2.24) is 15.1 Å². The number of halogens is 1. The number of ether oxygens (including phenoxy) is 1. The van der Waals surface area contributed by atoms with Gasteiger partial charge in [0.15, 0.2) is 0 Å². The van der Waals surface area contributed by atoms with Crippen molar-refractivity contribution < 1.29 is 9.13 Å². The Hall–Kier alpha value is -3.76. The van der Waals surface area contributed by atoms with Crippen LogP contribution in [0.5, 0.6) is 0 Å². The maximum absolute atomic E-state index is 14.5. The zero-order valence-corrected chi connectivity index (χ0v) is 18.8. The van der Waals surface area contributed by atoms with Crippen molar-refractivity contribution in [2.45, 2.75) is 13.3 Å². The van der Waals surface area contributed by atoms with Crippen molar-refractivity contribution in [2.75, 3.05) is 19.7 Å². The van der Waals surface area contributed by atoms with E-state index in [4.69, 9.17) is 10.00 Å². The van der Waals surface area contributed by atoms with E-state index in [9.17, 15) is 4.39 Å². The molecule has 1 unspecified atom stereocenters. The normalized spacial score (nSPS) is 17.0. The Balaban J connectivity index is 1.80. The highest BCUT2D eigenvalue weighted by atomic mass is 19.1. The van der Waals surface area contributed by atoms with Crippen LogP contribution in [-0.4, -0.2) is 36.2 Å². The van der Waals surface area contributed by atoms with Gasteiger partial charge in [-0.3, -0.25) is 9.67 Å². The molecule has 7 heteroatoms. The lowest BCUT2D eigenvalue weighted by atomic mass is 9.97. The van der Waals surface area contributed by atoms with Crippen molar-refractivity contribution in [1.29, 1.82) is 5.26 Å². The predicted molar refractivity (Wildman–Crippen MR) is 129 cm³/mol. The summed E-state index contributed by atoms with van der Waals surface area (Å²) in [4.78, 5) is 4.31. The van der Waals surface area contributed by atoms with Gasteiger partial charge >= 0.3 is 0 Å². The van der Waals surface area contributed by atoms with E-state index in [1.807, 2.05) is 50.5 Å². The first-order valence-electron chi connectivity index (χ1n) is 10.8. The Kier molecular flexibility index (Phi) is 6.66. The van der Waals surface area contributed by atoms with E-state index in [0.29, 0.717) is 35.1 Å². The average Bonchev–Trinajstić information content (AvgIpc) is 3.45. The summed E-state index contributed by atoms with van der Waals surface area (Å²) in [6, 6.07) is 12.3. The van der Waals surface area contributed by atoms with Gasteiger partial charge in [0.2, 0.25) is 0 Å². The molecule has 1 fully saturated rings. The third-order valence-electron chi connectivity index (χ3n) is 5.77. The van der Waals surface area contributed by atoms with E-state index < -0.39 is 5.82 Å². The van der Waals surface area contributed by atoms with Crippen LogP contribution in [-0.2, 0) is 11.8 Å².